The van der Waals surface area contributed by atoms with Crippen LogP contribution < -0.4 is 5.14 Å². The molecule has 0 aliphatic heterocycles. The van der Waals surface area contributed by atoms with Crippen LogP contribution in [0.2, 0.25) is 0 Å². The zero-order valence-corrected chi connectivity index (χ0v) is 20.2. The number of primary sulfonamides is 1. The summed E-state index contributed by atoms with van der Waals surface area (Å²) in [5, 5.41) is 4.90. The van der Waals surface area contributed by atoms with Crippen molar-refractivity contribution >= 4 is 26.0 Å². The first-order valence-electron chi connectivity index (χ1n) is 9.77. The minimum Gasteiger partial charge on any atom is -0.454 e. The first-order valence-corrected chi connectivity index (χ1v) is 12.8. The highest BCUT2D eigenvalue weighted by molar-refractivity contribution is 7.89. The molecular weight excluding hydrogens is 470 g/mol. The lowest BCUT2D eigenvalue weighted by molar-refractivity contribution is 0.0439. The van der Waals surface area contributed by atoms with Crippen LogP contribution >= 0.6 is 0 Å². The van der Waals surface area contributed by atoms with E-state index in [1.54, 1.807) is 25.1 Å². The average Bonchev–Trinajstić information content (AvgIpc) is 3.32. The van der Waals surface area contributed by atoms with Gasteiger partial charge in [0, 0.05) is 32.0 Å². The normalized spacial score (nSPS) is 12.3. The molecule has 2 heterocycles. The highest BCUT2D eigenvalue weighted by Gasteiger charge is 2.22. The summed E-state index contributed by atoms with van der Waals surface area (Å²) in [5.41, 5.74) is 2.67. The predicted octanol–water partition coefficient (Wildman–Crippen LogP) is 2.00. The molecule has 178 valence electrons. The summed E-state index contributed by atoms with van der Waals surface area (Å²) in [6.07, 6.45) is 0. The van der Waals surface area contributed by atoms with E-state index in [1.165, 1.54) is 38.4 Å². The molecule has 0 amide bonds. The molecule has 10 nitrogen and oxygen atoms in total. The number of rotatable bonds is 8. The zero-order valence-electron chi connectivity index (χ0n) is 18.6. The molecule has 3 rings (SSSR count). The van der Waals surface area contributed by atoms with Gasteiger partial charge in [0.1, 0.15) is 12.4 Å². The summed E-state index contributed by atoms with van der Waals surface area (Å²) in [6.45, 7) is 3.81. The van der Waals surface area contributed by atoms with E-state index in [0.717, 1.165) is 15.6 Å². The van der Waals surface area contributed by atoms with Gasteiger partial charge in [-0.05, 0) is 49.7 Å². The molecule has 0 aliphatic carbocycles. The Bertz CT molecular complexity index is 1380. The number of furan rings is 1. The summed E-state index contributed by atoms with van der Waals surface area (Å²) in [6, 6.07) is 10.6. The largest absolute Gasteiger partial charge is 0.454 e. The number of ether oxygens (including phenoxy) is 1. The Morgan fingerprint density at radius 3 is 2.27 bits per heavy atom. The van der Waals surface area contributed by atoms with Gasteiger partial charge in [-0.15, -0.1) is 0 Å². The molecule has 33 heavy (non-hydrogen) atoms. The first kappa shape index (κ1) is 24.7. The van der Waals surface area contributed by atoms with Crippen LogP contribution in [0.5, 0.6) is 0 Å². The molecule has 12 heteroatoms. The fraction of sp³-hybridized carbons (Fsp3) is 0.286. The molecule has 2 N–H and O–H groups in total. The van der Waals surface area contributed by atoms with Crippen molar-refractivity contribution in [2.24, 2.45) is 5.14 Å². The standard InChI is InChI=1S/C21H25N3O7S2/c1-14-11-19(15(2)24(14)12-16-5-8-18(9-6-16)32(22,26)27)21(25)30-13-17-7-10-20(31-17)33(28,29)23(3)4/h5-11H,12-13H2,1-4H3,(H2,22,26,27). The maximum Gasteiger partial charge on any atom is 0.340 e. The van der Waals surface area contributed by atoms with Crippen LogP contribution in [0, 0.1) is 13.8 Å². The molecule has 2 aromatic heterocycles. The van der Waals surface area contributed by atoms with Crippen LogP contribution in [0.1, 0.15) is 33.1 Å². The van der Waals surface area contributed by atoms with E-state index in [-0.39, 0.29) is 22.4 Å². The predicted molar refractivity (Wildman–Crippen MR) is 120 cm³/mol. The van der Waals surface area contributed by atoms with Gasteiger partial charge in [0.2, 0.25) is 15.1 Å². The Morgan fingerprint density at radius 2 is 1.70 bits per heavy atom. The molecule has 0 unspecified atom stereocenters. The number of carbonyl (C=O) groups is 1. The minimum atomic E-state index is -3.77. The van der Waals surface area contributed by atoms with Gasteiger partial charge in [0.05, 0.1) is 10.5 Å². The highest BCUT2D eigenvalue weighted by Crippen LogP contribution is 2.21. The van der Waals surface area contributed by atoms with Gasteiger partial charge in [0.15, 0.2) is 0 Å². The number of esters is 1. The molecule has 0 saturated carbocycles. The Hall–Kier alpha value is -2.93. The lowest BCUT2D eigenvalue weighted by atomic mass is 10.2. The number of hydrogen-bond donors (Lipinski definition) is 1. The third kappa shape index (κ3) is 5.36. The fourth-order valence-electron chi connectivity index (χ4n) is 3.19. The number of sulfonamides is 2. The van der Waals surface area contributed by atoms with Crippen molar-refractivity contribution in [2.45, 2.75) is 37.0 Å². The Labute approximate surface area is 192 Å². The van der Waals surface area contributed by atoms with Crippen molar-refractivity contribution in [1.29, 1.82) is 0 Å². The zero-order chi connectivity index (χ0) is 24.6. The van der Waals surface area contributed by atoms with Crippen LogP contribution in [0.25, 0.3) is 0 Å². The van der Waals surface area contributed by atoms with E-state index in [0.29, 0.717) is 17.8 Å². The van der Waals surface area contributed by atoms with Gasteiger partial charge >= 0.3 is 5.97 Å². The topological polar surface area (TPSA) is 142 Å². The van der Waals surface area contributed by atoms with Gasteiger partial charge in [-0.2, -0.15) is 0 Å². The van der Waals surface area contributed by atoms with Crippen LogP contribution in [-0.2, 0) is 37.9 Å². The molecule has 1 aromatic carbocycles. The SMILES string of the molecule is Cc1cc(C(=O)OCc2ccc(S(=O)(=O)N(C)C)o2)c(C)n1Cc1ccc(S(N)(=O)=O)cc1. The summed E-state index contributed by atoms with van der Waals surface area (Å²) in [5.74, 6) is -0.375. The molecule has 3 aromatic rings. The van der Waals surface area contributed by atoms with Crippen LogP contribution in [-0.4, -0.2) is 45.8 Å². The number of carbonyl (C=O) groups excluding carboxylic acids is 1. The number of nitrogens with two attached hydrogens (primary N) is 1. The maximum atomic E-state index is 12.6. The van der Waals surface area contributed by atoms with Crippen LogP contribution in [0.15, 0.2) is 56.9 Å². The fourth-order valence-corrected chi connectivity index (χ4v) is 4.51. The summed E-state index contributed by atoms with van der Waals surface area (Å²) < 4.78 is 60.6. The Morgan fingerprint density at radius 1 is 1.06 bits per heavy atom. The molecule has 0 atom stereocenters. The molecule has 0 radical (unpaired) electrons. The van der Waals surface area contributed by atoms with E-state index in [4.69, 9.17) is 14.3 Å². The van der Waals surface area contributed by atoms with Crippen LogP contribution in [0.3, 0.4) is 0 Å². The van der Waals surface area contributed by atoms with Crippen molar-refractivity contribution in [3.8, 4) is 0 Å². The van der Waals surface area contributed by atoms with E-state index < -0.39 is 26.0 Å². The third-order valence-corrected chi connectivity index (χ3v) is 7.72. The third-order valence-electron chi connectivity index (χ3n) is 5.10. The van der Waals surface area contributed by atoms with E-state index in [2.05, 4.69) is 0 Å². The van der Waals surface area contributed by atoms with Crippen LogP contribution in [0.4, 0.5) is 0 Å². The summed E-state index contributed by atoms with van der Waals surface area (Å²) in [4.78, 5) is 12.7. The summed E-state index contributed by atoms with van der Waals surface area (Å²) in [7, 11) is -4.70. The quantitative estimate of drug-likeness (QED) is 0.471. The van der Waals surface area contributed by atoms with Gasteiger partial charge in [-0.3, -0.25) is 0 Å². The second-order valence-corrected chi connectivity index (χ2v) is 11.3. The number of aromatic nitrogens is 1. The molecule has 0 aliphatic rings. The van der Waals surface area contributed by atoms with E-state index in [9.17, 15) is 21.6 Å². The number of benzene rings is 1. The molecular formula is C21H25N3O7S2. The van der Waals surface area contributed by atoms with Gasteiger partial charge in [0.25, 0.3) is 10.0 Å². The number of aryl methyl sites for hydroxylation is 1. The molecule has 0 bridgehead atoms. The Balaban J connectivity index is 1.72. The Kier molecular flexibility index (Phi) is 6.84. The van der Waals surface area contributed by atoms with E-state index >= 15 is 0 Å². The van der Waals surface area contributed by atoms with Crippen molar-refractivity contribution in [3.05, 3.63) is 70.7 Å². The van der Waals surface area contributed by atoms with E-state index in [1.807, 2.05) is 11.5 Å². The maximum absolute atomic E-state index is 12.6. The lowest BCUT2D eigenvalue weighted by Gasteiger charge is -2.10. The second kappa shape index (κ2) is 9.14. The molecule has 0 fully saturated rings. The second-order valence-electron chi connectivity index (χ2n) is 7.64. The van der Waals surface area contributed by atoms with Gasteiger partial charge in [-0.1, -0.05) is 12.1 Å². The number of hydrogen-bond acceptors (Lipinski definition) is 7. The highest BCUT2D eigenvalue weighted by atomic mass is 32.2. The average molecular weight is 496 g/mol. The summed E-state index contributed by atoms with van der Waals surface area (Å²) >= 11 is 0. The lowest BCUT2D eigenvalue weighted by Crippen LogP contribution is -2.21. The molecule has 0 spiro atoms. The minimum absolute atomic E-state index is 0.0240. The van der Waals surface area contributed by atoms with Crippen molar-refractivity contribution in [3.63, 3.8) is 0 Å². The van der Waals surface area contributed by atoms with Gasteiger partial charge < -0.3 is 13.7 Å². The van der Waals surface area contributed by atoms with Crippen molar-refractivity contribution < 1.29 is 30.8 Å². The van der Waals surface area contributed by atoms with Crippen molar-refractivity contribution in [1.82, 2.24) is 8.87 Å². The monoisotopic (exact) mass is 495 g/mol. The number of nitrogens with zero attached hydrogens (tertiary/aromatic N) is 2. The molecule has 0 saturated heterocycles. The first-order chi connectivity index (χ1) is 15.3. The van der Waals surface area contributed by atoms with Crippen molar-refractivity contribution in [2.75, 3.05) is 14.1 Å². The smallest absolute Gasteiger partial charge is 0.340 e. The van der Waals surface area contributed by atoms with Gasteiger partial charge in [-0.25, -0.2) is 31.1 Å².